The van der Waals surface area contributed by atoms with Crippen molar-refractivity contribution in [3.05, 3.63) is 53.2 Å². The van der Waals surface area contributed by atoms with Crippen molar-refractivity contribution in [2.45, 2.75) is 31.2 Å². The van der Waals surface area contributed by atoms with Gasteiger partial charge in [-0.3, -0.25) is 0 Å². The van der Waals surface area contributed by atoms with Crippen molar-refractivity contribution in [1.29, 1.82) is 0 Å². The fourth-order valence-electron chi connectivity index (χ4n) is 3.87. The number of rotatable bonds is 2. The van der Waals surface area contributed by atoms with Crippen LogP contribution in [-0.4, -0.2) is 41.1 Å². The number of phenols is 2. The van der Waals surface area contributed by atoms with E-state index in [4.69, 9.17) is 0 Å². The predicted molar refractivity (Wildman–Crippen MR) is 104 cm³/mol. The highest BCUT2D eigenvalue weighted by atomic mass is 32.2. The minimum Gasteiger partial charge on any atom is -0.508 e. The van der Waals surface area contributed by atoms with Crippen molar-refractivity contribution in [2.75, 3.05) is 13.6 Å². The Morgan fingerprint density at radius 2 is 1.85 bits per heavy atom. The van der Waals surface area contributed by atoms with E-state index in [1.165, 1.54) is 16.1 Å². The lowest BCUT2D eigenvalue weighted by Gasteiger charge is -2.13. The highest BCUT2D eigenvalue weighted by molar-refractivity contribution is 7.90. The summed E-state index contributed by atoms with van der Waals surface area (Å²) >= 11 is 0. The van der Waals surface area contributed by atoms with Crippen LogP contribution >= 0.6 is 0 Å². The van der Waals surface area contributed by atoms with Crippen molar-refractivity contribution >= 4 is 20.9 Å². The molecule has 0 saturated carbocycles. The van der Waals surface area contributed by atoms with E-state index >= 15 is 0 Å². The highest BCUT2D eigenvalue weighted by Gasteiger charge is 2.30. The normalized spacial score (nSPS) is 15.6. The molecule has 2 N–H and O–H groups in total. The van der Waals surface area contributed by atoms with Gasteiger partial charge in [0.2, 0.25) is 0 Å². The molecule has 0 fully saturated rings. The van der Waals surface area contributed by atoms with Crippen molar-refractivity contribution in [1.82, 2.24) is 8.87 Å². The summed E-state index contributed by atoms with van der Waals surface area (Å²) in [6, 6.07) is 9.28. The van der Waals surface area contributed by atoms with Crippen molar-refractivity contribution in [3.63, 3.8) is 0 Å². The molecule has 1 aliphatic rings. The van der Waals surface area contributed by atoms with Gasteiger partial charge in [-0.25, -0.2) is 12.4 Å². The molecule has 3 aromatic rings. The van der Waals surface area contributed by atoms with Gasteiger partial charge in [0.15, 0.2) is 0 Å². The molecule has 0 aliphatic carbocycles. The first-order chi connectivity index (χ1) is 12.8. The second-order valence-electron chi connectivity index (χ2n) is 7.21. The molecule has 142 valence electrons. The number of nitrogens with zero attached hydrogens (tertiary/aromatic N) is 2. The molecule has 0 amide bonds. The minimum absolute atomic E-state index is 0.204. The van der Waals surface area contributed by atoms with Crippen LogP contribution in [0, 0.1) is 6.92 Å². The van der Waals surface area contributed by atoms with Gasteiger partial charge in [0, 0.05) is 23.7 Å². The van der Waals surface area contributed by atoms with Crippen LogP contribution in [0.5, 0.6) is 11.5 Å². The van der Waals surface area contributed by atoms with Gasteiger partial charge in [-0.15, -0.1) is 0 Å². The topological polar surface area (TPSA) is 82.8 Å². The Morgan fingerprint density at radius 1 is 1.07 bits per heavy atom. The van der Waals surface area contributed by atoms with Crippen LogP contribution in [0.1, 0.15) is 23.2 Å². The van der Waals surface area contributed by atoms with E-state index in [0.29, 0.717) is 18.5 Å². The summed E-state index contributed by atoms with van der Waals surface area (Å²) in [7, 11) is -2.04. The molecular weight excluding hydrogens is 364 g/mol. The van der Waals surface area contributed by atoms with E-state index in [0.717, 1.165) is 41.2 Å². The summed E-state index contributed by atoms with van der Waals surface area (Å²) in [6.45, 7) is 3.54. The fraction of sp³-hybridized carbons (Fsp3) is 0.300. The predicted octanol–water partition coefficient (Wildman–Crippen LogP) is 2.98. The number of fused-ring (bicyclic) bond motifs is 3. The number of hydrogen-bond donors (Lipinski definition) is 2. The number of aromatic hydroxyl groups is 2. The molecule has 2 aromatic carbocycles. The average Bonchev–Trinajstić information content (AvgIpc) is 2.77. The quantitative estimate of drug-likeness (QED) is 0.662. The first-order valence-electron chi connectivity index (χ1n) is 8.88. The summed E-state index contributed by atoms with van der Waals surface area (Å²) in [4.78, 5) is 1.90. The van der Waals surface area contributed by atoms with Crippen molar-refractivity contribution in [2.24, 2.45) is 0 Å². The van der Waals surface area contributed by atoms with Gasteiger partial charge < -0.3 is 15.1 Å². The Hall–Kier alpha value is -2.51. The van der Waals surface area contributed by atoms with Gasteiger partial charge in [0.05, 0.1) is 5.52 Å². The number of benzene rings is 2. The molecule has 0 unspecified atom stereocenters. The zero-order valence-corrected chi connectivity index (χ0v) is 16.1. The van der Waals surface area contributed by atoms with Gasteiger partial charge in [-0.05, 0) is 63.2 Å². The smallest absolute Gasteiger partial charge is 0.272 e. The van der Waals surface area contributed by atoms with Crippen LogP contribution < -0.4 is 0 Å². The Morgan fingerprint density at radius 3 is 2.63 bits per heavy atom. The molecule has 0 atom stereocenters. The van der Waals surface area contributed by atoms with Crippen LogP contribution in [0.15, 0.2) is 41.3 Å². The molecule has 0 saturated heterocycles. The maximum absolute atomic E-state index is 13.5. The maximum atomic E-state index is 13.5. The van der Waals surface area contributed by atoms with Crippen LogP contribution in [0.4, 0.5) is 0 Å². The summed E-state index contributed by atoms with van der Waals surface area (Å²) < 4.78 is 28.4. The van der Waals surface area contributed by atoms with E-state index in [2.05, 4.69) is 4.90 Å². The number of aromatic nitrogens is 1. The largest absolute Gasteiger partial charge is 0.508 e. The summed E-state index contributed by atoms with van der Waals surface area (Å²) in [6.07, 6.45) is 1.48. The van der Waals surface area contributed by atoms with E-state index < -0.39 is 10.0 Å². The molecule has 0 spiro atoms. The van der Waals surface area contributed by atoms with Gasteiger partial charge >= 0.3 is 0 Å². The van der Waals surface area contributed by atoms with Crippen LogP contribution in [0.3, 0.4) is 0 Å². The Labute approximate surface area is 158 Å². The van der Waals surface area contributed by atoms with E-state index in [1.807, 2.05) is 32.2 Å². The SMILES string of the molecule is Cc1ccc2c(c1)c1c(n2S(=O)(=O)c2cc(O)ccc2O)CCCN(C)C1. The third-order valence-electron chi connectivity index (χ3n) is 5.13. The van der Waals surface area contributed by atoms with Gasteiger partial charge in [-0.1, -0.05) is 11.6 Å². The van der Waals surface area contributed by atoms with E-state index in [-0.39, 0.29) is 16.4 Å². The van der Waals surface area contributed by atoms with Crippen LogP contribution in [-0.2, 0) is 23.0 Å². The number of aryl methyl sites for hydroxylation is 1. The molecule has 0 radical (unpaired) electrons. The van der Waals surface area contributed by atoms with Crippen molar-refractivity contribution in [3.8, 4) is 11.5 Å². The second-order valence-corrected chi connectivity index (χ2v) is 8.96. The monoisotopic (exact) mass is 386 g/mol. The first-order valence-corrected chi connectivity index (χ1v) is 10.3. The standard InChI is InChI=1S/C20H22N2O4S/c1-13-5-7-18-15(10-13)16-12-21(2)9-3-4-17(16)22(18)27(25,26)20-11-14(23)6-8-19(20)24/h5-8,10-11,23-24H,3-4,9,12H2,1-2H3. The van der Waals surface area contributed by atoms with E-state index in [9.17, 15) is 18.6 Å². The molecule has 0 bridgehead atoms. The van der Waals surface area contributed by atoms with Gasteiger partial charge in [-0.2, -0.15) is 0 Å². The summed E-state index contributed by atoms with van der Waals surface area (Å²) in [5, 5.41) is 20.9. The number of phenolic OH excluding ortho intramolecular Hbond substituents is 2. The summed E-state index contributed by atoms with van der Waals surface area (Å²) in [5.74, 6) is -0.578. The number of hydrogen-bond acceptors (Lipinski definition) is 5. The molecule has 2 heterocycles. The van der Waals surface area contributed by atoms with Crippen molar-refractivity contribution < 1.29 is 18.6 Å². The third-order valence-corrected chi connectivity index (χ3v) is 6.91. The second kappa shape index (κ2) is 6.28. The summed E-state index contributed by atoms with van der Waals surface area (Å²) in [5.41, 5.74) is 3.43. The maximum Gasteiger partial charge on any atom is 0.272 e. The molecule has 4 rings (SSSR count). The molecule has 1 aromatic heterocycles. The highest BCUT2D eigenvalue weighted by Crippen LogP contribution is 2.36. The average molecular weight is 386 g/mol. The Kier molecular flexibility index (Phi) is 4.16. The molecule has 27 heavy (non-hydrogen) atoms. The first kappa shape index (κ1) is 17.9. The van der Waals surface area contributed by atoms with Gasteiger partial charge in [0.1, 0.15) is 16.4 Å². The zero-order chi connectivity index (χ0) is 19.3. The molecular formula is C20H22N2O4S. The molecule has 6 nitrogen and oxygen atoms in total. The Bertz CT molecular complexity index is 1150. The molecule has 7 heteroatoms. The lowest BCUT2D eigenvalue weighted by atomic mass is 10.1. The van der Waals surface area contributed by atoms with Gasteiger partial charge in [0.25, 0.3) is 10.0 Å². The fourth-order valence-corrected chi connectivity index (χ4v) is 5.58. The minimum atomic E-state index is -4.08. The lowest BCUT2D eigenvalue weighted by molar-refractivity contribution is 0.333. The van der Waals surface area contributed by atoms with Crippen LogP contribution in [0.2, 0.25) is 0 Å². The molecule has 1 aliphatic heterocycles. The van der Waals surface area contributed by atoms with E-state index in [1.54, 1.807) is 0 Å². The third kappa shape index (κ3) is 2.87. The Balaban J connectivity index is 2.07. The van der Waals surface area contributed by atoms with Crippen LogP contribution in [0.25, 0.3) is 10.9 Å². The zero-order valence-electron chi connectivity index (χ0n) is 15.3. The lowest BCUT2D eigenvalue weighted by Crippen LogP contribution is -2.17.